The van der Waals surface area contributed by atoms with Crippen molar-refractivity contribution >= 4 is 0 Å². The molecular weight excluding hydrogens is 1670 g/mol. The first-order valence-electron chi connectivity index (χ1n) is 46.4. The van der Waals surface area contributed by atoms with E-state index in [2.05, 4.69) is 415 Å². The molecule has 0 saturated heterocycles. The van der Waals surface area contributed by atoms with Gasteiger partial charge in [-0.2, -0.15) is 0 Å². The van der Waals surface area contributed by atoms with Gasteiger partial charge in [0.2, 0.25) is 0 Å². The second-order valence-electron chi connectivity index (χ2n) is 33.8. The third-order valence-electron chi connectivity index (χ3n) is 24.6. The molecule has 3 aromatic heterocycles. The van der Waals surface area contributed by atoms with E-state index in [4.69, 9.17) is 24.9 Å². The molecule has 23 rings (SSSR count). The maximum Gasteiger partial charge on any atom is 0.164 e. The van der Waals surface area contributed by atoms with Gasteiger partial charge in [-0.25, -0.2) is 39.9 Å². The fraction of sp³-hybridized carbons (Fsp3) is 0. The average Bonchev–Trinajstić information content (AvgIpc) is 0.805. The summed E-state index contributed by atoms with van der Waals surface area (Å²) in [4.78, 5) is 37.8. The van der Waals surface area contributed by atoms with E-state index >= 15 is 0 Å². The lowest BCUT2D eigenvalue weighted by atomic mass is 9.91. The number of aromatic nitrogens is 8. The Morgan fingerprint density at radius 3 is 0.507 bits per heavy atom. The summed E-state index contributed by atoms with van der Waals surface area (Å²) in [5, 5.41) is 0. The van der Waals surface area contributed by atoms with Gasteiger partial charge >= 0.3 is 0 Å². The molecule has 0 aliphatic heterocycles. The lowest BCUT2D eigenvalue weighted by molar-refractivity contribution is 1.07. The Morgan fingerprint density at radius 1 is 0.0942 bits per heavy atom. The van der Waals surface area contributed by atoms with Crippen LogP contribution < -0.4 is 0 Å². The van der Waals surface area contributed by atoms with Crippen LogP contribution in [0.4, 0.5) is 0 Å². The van der Waals surface area contributed by atoms with Gasteiger partial charge in [0.1, 0.15) is 6.33 Å². The van der Waals surface area contributed by atoms with Gasteiger partial charge in [0.15, 0.2) is 34.9 Å². The standard InChI is InChI=1S/C51H35N3.C40H28N2.C39H27N3/c1-5-16-36(17-6-1)46-33-47(37-18-7-2-8-19-37)35-48(34-46)44-28-14-26-42(31-44)40-24-13-25-41(30-40)43-27-15-29-45(32-43)51-53-49(38-20-9-3-10-21-38)52-50(54-51)39-22-11-4-12-23-39;1-4-12-29(13-5-1)36-26-37(30-14-6-2-7-15-30)28-38(27-36)34-20-10-18-32(24-34)33-19-11-21-35(25-33)39-22-23-41-40(42-39)31-16-8-3-9-17-31;1-4-12-28(13-5-1)35-24-36(29-14-6-2-7-15-29)26-37(25-35)33-20-10-18-31(22-33)32-19-11-21-34(23-32)39-41-27-40-38(42-39)30-16-8-3-9-17-30/h1-35H;1-28H;1-27H. The summed E-state index contributed by atoms with van der Waals surface area (Å²) in [7, 11) is 0. The highest BCUT2D eigenvalue weighted by atomic mass is 15.0. The molecule has 0 saturated carbocycles. The van der Waals surface area contributed by atoms with Crippen LogP contribution in [-0.4, -0.2) is 39.9 Å². The lowest BCUT2D eigenvalue weighted by Gasteiger charge is -2.13. The molecular formula is C130H90N8. The molecule has 650 valence electrons. The Balaban J connectivity index is 0.000000125. The molecule has 23 aromatic rings. The van der Waals surface area contributed by atoms with Gasteiger partial charge in [0, 0.05) is 45.1 Å². The summed E-state index contributed by atoms with van der Waals surface area (Å²) < 4.78 is 0. The Morgan fingerprint density at radius 2 is 0.246 bits per heavy atom. The smallest absolute Gasteiger partial charge is 0.164 e. The Kier molecular flexibility index (Phi) is 25.7. The fourth-order valence-corrected chi connectivity index (χ4v) is 17.6. The monoisotopic (exact) mass is 1760 g/mol. The summed E-state index contributed by atoms with van der Waals surface area (Å²) in [6.45, 7) is 0. The van der Waals surface area contributed by atoms with Crippen LogP contribution in [0, 0.1) is 0 Å². The van der Waals surface area contributed by atoms with Crippen LogP contribution in [0.5, 0.6) is 0 Å². The SMILES string of the molecule is c1ccc(-c2cc(-c3ccccc3)cc(-c3cccc(-c4cccc(-c5cccc(-c6nc(-c7ccccc7)nc(-c7ccccc7)n6)c5)c4)c3)c2)cc1.c1ccc(-c2cc(-c3ccccc3)cc(-c3cccc(-c4cccc(-c5ccnc(-c6ccccc6)n5)c4)c3)c2)cc1.c1ccc(-c2cc(-c3ccccc3)cc(-c3cccc(-c4cccc(-c5ncnc(-c6ccccc6)n5)c4)c3)c2)cc1. The quantitative estimate of drug-likeness (QED) is 0.0743. The maximum atomic E-state index is 4.97. The zero-order valence-corrected chi connectivity index (χ0v) is 75.5. The fourth-order valence-electron chi connectivity index (χ4n) is 17.6. The van der Waals surface area contributed by atoms with E-state index in [1.807, 2.05) is 140 Å². The highest BCUT2D eigenvalue weighted by molar-refractivity contribution is 5.89. The molecule has 138 heavy (non-hydrogen) atoms. The molecule has 0 spiro atoms. The summed E-state index contributed by atoms with van der Waals surface area (Å²) in [5.41, 5.74) is 38.3. The van der Waals surface area contributed by atoms with E-state index < -0.39 is 0 Å². The second kappa shape index (κ2) is 41.1. The van der Waals surface area contributed by atoms with Crippen molar-refractivity contribution in [2.75, 3.05) is 0 Å². The Labute approximate surface area is 804 Å². The van der Waals surface area contributed by atoms with Crippen molar-refractivity contribution in [3.63, 3.8) is 0 Å². The number of rotatable bonds is 20. The van der Waals surface area contributed by atoms with Crippen LogP contribution in [0.2, 0.25) is 0 Å². The molecule has 0 unspecified atom stereocenters. The molecule has 20 aromatic carbocycles. The number of benzene rings is 20. The van der Waals surface area contributed by atoms with E-state index in [1.165, 1.54) is 100 Å². The van der Waals surface area contributed by atoms with Crippen LogP contribution in [0.3, 0.4) is 0 Å². The lowest BCUT2D eigenvalue weighted by Crippen LogP contribution is -2.00. The van der Waals surface area contributed by atoms with Crippen molar-refractivity contribution in [1.82, 2.24) is 39.9 Å². The average molecular weight is 1760 g/mol. The van der Waals surface area contributed by atoms with Crippen molar-refractivity contribution in [3.05, 3.63) is 546 Å². The third-order valence-corrected chi connectivity index (χ3v) is 24.6. The zero-order valence-electron chi connectivity index (χ0n) is 75.5. The number of nitrogens with zero attached hydrogens (tertiary/aromatic N) is 8. The van der Waals surface area contributed by atoms with Crippen molar-refractivity contribution in [2.45, 2.75) is 0 Å². The third kappa shape index (κ3) is 20.4. The van der Waals surface area contributed by atoms with Gasteiger partial charge in [-0.1, -0.05) is 431 Å². The normalized spacial score (nSPS) is 10.9. The first kappa shape index (κ1) is 86.2. The summed E-state index contributed by atoms with van der Waals surface area (Å²) >= 11 is 0. The van der Waals surface area contributed by atoms with Crippen LogP contribution in [0.1, 0.15) is 0 Å². The molecule has 0 fully saturated rings. The maximum absolute atomic E-state index is 4.97. The zero-order chi connectivity index (χ0) is 92.4. The molecule has 0 N–H and O–H groups in total. The first-order chi connectivity index (χ1) is 68.3. The first-order valence-corrected chi connectivity index (χ1v) is 46.4. The van der Waals surface area contributed by atoms with Crippen LogP contribution in [-0.2, 0) is 0 Å². The predicted octanol–water partition coefficient (Wildman–Crippen LogP) is 33.6. The molecule has 8 heteroatoms. The highest BCUT2D eigenvalue weighted by Gasteiger charge is 2.19. The van der Waals surface area contributed by atoms with E-state index in [9.17, 15) is 0 Å². The van der Waals surface area contributed by atoms with E-state index in [0.717, 1.165) is 95.0 Å². The minimum atomic E-state index is 0.640. The largest absolute Gasteiger partial charge is 0.237 e. The van der Waals surface area contributed by atoms with Gasteiger partial charge in [0.25, 0.3) is 0 Å². The highest BCUT2D eigenvalue weighted by Crippen LogP contribution is 2.42. The molecule has 3 heterocycles. The van der Waals surface area contributed by atoms with Gasteiger partial charge in [-0.05, 0) is 248 Å². The molecule has 0 bridgehead atoms. The van der Waals surface area contributed by atoms with E-state index in [0.29, 0.717) is 29.1 Å². The molecule has 0 aliphatic rings. The van der Waals surface area contributed by atoms with Crippen molar-refractivity contribution < 1.29 is 0 Å². The van der Waals surface area contributed by atoms with Crippen LogP contribution in [0.15, 0.2) is 546 Å². The van der Waals surface area contributed by atoms with E-state index in [1.54, 1.807) is 6.33 Å². The molecule has 0 aliphatic carbocycles. The van der Waals surface area contributed by atoms with Gasteiger partial charge in [0.05, 0.1) is 5.69 Å². The van der Waals surface area contributed by atoms with E-state index in [-0.39, 0.29) is 0 Å². The second-order valence-corrected chi connectivity index (χ2v) is 33.8. The Hall–Kier alpha value is -18.5. The topological polar surface area (TPSA) is 103 Å². The molecule has 0 atom stereocenters. The van der Waals surface area contributed by atoms with Crippen LogP contribution in [0.25, 0.3) is 224 Å². The number of hydrogen-bond donors (Lipinski definition) is 0. The summed E-state index contributed by atoms with van der Waals surface area (Å²) in [6.07, 6.45) is 3.42. The van der Waals surface area contributed by atoms with Crippen molar-refractivity contribution in [1.29, 1.82) is 0 Å². The van der Waals surface area contributed by atoms with Gasteiger partial charge in [-0.15, -0.1) is 0 Å². The molecule has 8 nitrogen and oxygen atoms in total. The van der Waals surface area contributed by atoms with Crippen molar-refractivity contribution in [3.8, 4) is 224 Å². The predicted molar refractivity (Wildman–Crippen MR) is 570 cm³/mol. The minimum absolute atomic E-state index is 0.640. The Bertz CT molecular complexity index is 7430. The molecule has 0 radical (unpaired) electrons. The summed E-state index contributed by atoms with van der Waals surface area (Å²) in [6, 6.07) is 187. The minimum Gasteiger partial charge on any atom is -0.237 e. The summed E-state index contributed by atoms with van der Waals surface area (Å²) in [5.74, 6) is 3.99. The van der Waals surface area contributed by atoms with Gasteiger partial charge < -0.3 is 0 Å². The van der Waals surface area contributed by atoms with Crippen LogP contribution >= 0.6 is 0 Å². The molecule has 0 amide bonds. The number of hydrogen-bond acceptors (Lipinski definition) is 8. The van der Waals surface area contributed by atoms with Gasteiger partial charge in [-0.3, -0.25) is 0 Å². The van der Waals surface area contributed by atoms with Crippen molar-refractivity contribution in [2.24, 2.45) is 0 Å².